The molecule has 2 nitrogen and oxygen atoms in total. The van der Waals surface area contributed by atoms with Crippen LogP contribution < -0.4 is 5.32 Å². The van der Waals surface area contributed by atoms with Crippen LogP contribution in [0.3, 0.4) is 0 Å². The Kier molecular flexibility index (Phi) is 4.90. The van der Waals surface area contributed by atoms with Crippen molar-refractivity contribution in [3.8, 4) is 0 Å². The van der Waals surface area contributed by atoms with Gasteiger partial charge in [-0.15, -0.1) is 0 Å². The first-order chi connectivity index (χ1) is 7.58. The minimum Gasteiger partial charge on any atom is -0.395 e. The van der Waals surface area contributed by atoms with E-state index in [4.69, 9.17) is 5.11 Å². The van der Waals surface area contributed by atoms with Gasteiger partial charge >= 0.3 is 0 Å². The van der Waals surface area contributed by atoms with Gasteiger partial charge in [-0.25, -0.2) is 4.39 Å². The number of rotatable bonds is 5. The predicted molar refractivity (Wildman–Crippen MR) is 63.9 cm³/mol. The zero-order valence-corrected chi connectivity index (χ0v) is 10.1. The number of aryl methyl sites for hydroxylation is 1. The highest BCUT2D eigenvalue weighted by atomic mass is 19.1. The third kappa shape index (κ3) is 3.29. The van der Waals surface area contributed by atoms with E-state index >= 15 is 0 Å². The highest BCUT2D eigenvalue weighted by Crippen LogP contribution is 2.17. The van der Waals surface area contributed by atoms with E-state index in [2.05, 4.69) is 5.32 Å². The molecular formula is C13H20FNO. The number of hydrogen-bond acceptors (Lipinski definition) is 2. The van der Waals surface area contributed by atoms with Crippen LogP contribution in [0.1, 0.15) is 37.4 Å². The molecule has 1 aromatic rings. The maximum Gasteiger partial charge on any atom is 0.126 e. The van der Waals surface area contributed by atoms with Gasteiger partial charge in [0.2, 0.25) is 0 Å². The summed E-state index contributed by atoms with van der Waals surface area (Å²) in [5.41, 5.74) is 1.57. The summed E-state index contributed by atoms with van der Waals surface area (Å²) in [5.74, 6) is -0.178. The number of benzene rings is 1. The summed E-state index contributed by atoms with van der Waals surface area (Å²) < 4.78 is 13.4. The number of hydrogen-bond donors (Lipinski definition) is 2. The zero-order chi connectivity index (χ0) is 12.1. The fourth-order valence-electron chi connectivity index (χ4n) is 1.63. The van der Waals surface area contributed by atoms with Crippen molar-refractivity contribution < 1.29 is 9.50 Å². The van der Waals surface area contributed by atoms with E-state index < -0.39 is 0 Å². The molecule has 0 amide bonds. The zero-order valence-electron chi connectivity index (χ0n) is 10.1. The second kappa shape index (κ2) is 5.97. The van der Waals surface area contributed by atoms with Crippen LogP contribution in [-0.4, -0.2) is 17.8 Å². The highest BCUT2D eigenvalue weighted by Gasteiger charge is 2.11. The first-order valence-electron chi connectivity index (χ1n) is 5.71. The molecule has 0 aliphatic rings. The molecule has 16 heavy (non-hydrogen) atoms. The number of aliphatic hydroxyl groups excluding tert-OH is 1. The van der Waals surface area contributed by atoms with Crippen LogP contribution in [0.4, 0.5) is 4.39 Å². The summed E-state index contributed by atoms with van der Waals surface area (Å²) in [7, 11) is 0. The Bertz CT molecular complexity index is 337. The fraction of sp³-hybridized carbons (Fsp3) is 0.538. The van der Waals surface area contributed by atoms with Gasteiger partial charge in [-0.3, -0.25) is 0 Å². The van der Waals surface area contributed by atoms with Crippen LogP contribution in [0.15, 0.2) is 18.2 Å². The Balaban J connectivity index is 2.72. The van der Waals surface area contributed by atoms with Crippen molar-refractivity contribution in [3.05, 3.63) is 35.1 Å². The van der Waals surface area contributed by atoms with E-state index in [1.807, 2.05) is 19.9 Å². The molecule has 0 spiro atoms. The van der Waals surface area contributed by atoms with Gasteiger partial charge in [-0.2, -0.15) is 0 Å². The quantitative estimate of drug-likeness (QED) is 0.807. The molecule has 0 aromatic heterocycles. The summed E-state index contributed by atoms with van der Waals surface area (Å²) in [6.07, 6.45) is 0.856. The van der Waals surface area contributed by atoms with Crippen molar-refractivity contribution in [2.75, 3.05) is 6.61 Å². The van der Waals surface area contributed by atoms with Gasteiger partial charge in [0, 0.05) is 12.1 Å². The number of nitrogens with one attached hydrogen (secondary N) is 1. The van der Waals surface area contributed by atoms with Crippen molar-refractivity contribution in [2.45, 2.75) is 39.3 Å². The molecule has 90 valence electrons. The largest absolute Gasteiger partial charge is 0.395 e. The lowest BCUT2D eigenvalue weighted by Crippen LogP contribution is -2.33. The van der Waals surface area contributed by atoms with Crippen molar-refractivity contribution in [2.24, 2.45) is 0 Å². The summed E-state index contributed by atoms with van der Waals surface area (Å²) in [4.78, 5) is 0. The summed E-state index contributed by atoms with van der Waals surface area (Å²) >= 11 is 0. The average Bonchev–Trinajstić information content (AvgIpc) is 2.29. The molecule has 1 rings (SSSR count). The van der Waals surface area contributed by atoms with Gasteiger partial charge < -0.3 is 10.4 Å². The van der Waals surface area contributed by atoms with Gasteiger partial charge in [0.1, 0.15) is 5.82 Å². The number of aliphatic hydroxyl groups is 1. The van der Waals surface area contributed by atoms with E-state index in [9.17, 15) is 4.39 Å². The molecule has 2 unspecified atom stereocenters. The van der Waals surface area contributed by atoms with Gasteiger partial charge in [0.15, 0.2) is 0 Å². The van der Waals surface area contributed by atoms with Gasteiger partial charge in [0.05, 0.1) is 6.61 Å². The van der Waals surface area contributed by atoms with Gasteiger partial charge in [-0.05, 0) is 37.5 Å². The van der Waals surface area contributed by atoms with Crippen molar-refractivity contribution in [1.29, 1.82) is 0 Å². The van der Waals surface area contributed by atoms with E-state index in [-0.39, 0.29) is 24.5 Å². The first-order valence-corrected chi connectivity index (χ1v) is 5.71. The first kappa shape index (κ1) is 13.1. The second-order valence-electron chi connectivity index (χ2n) is 4.18. The Morgan fingerprint density at radius 2 is 2.12 bits per heavy atom. The summed E-state index contributed by atoms with van der Waals surface area (Å²) in [5, 5.41) is 12.3. The van der Waals surface area contributed by atoms with Crippen molar-refractivity contribution in [1.82, 2.24) is 5.32 Å². The molecule has 0 saturated heterocycles. The van der Waals surface area contributed by atoms with Crippen LogP contribution in [0.25, 0.3) is 0 Å². The predicted octanol–water partition coefficient (Wildman–Crippen LogP) is 2.56. The molecule has 0 bridgehead atoms. The molecule has 0 heterocycles. The smallest absolute Gasteiger partial charge is 0.126 e. The topological polar surface area (TPSA) is 32.3 Å². The van der Waals surface area contributed by atoms with E-state index in [1.165, 1.54) is 0 Å². The maximum absolute atomic E-state index is 13.4. The van der Waals surface area contributed by atoms with Gasteiger partial charge in [0.25, 0.3) is 0 Å². The van der Waals surface area contributed by atoms with E-state index in [0.717, 1.165) is 12.0 Å². The van der Waals surface area contributed by atoms with Crippen molar-refractivity contribution in [3.63, 3.8) is 0 Å². The molecule has 2 atom stereocenters. The van der Waals surface area contributed by atoms with E-state index in [0.29, 0.717) is 5.56 Å². The summed E-state index contributed by atoms with van der Waals surface area (Å²) in [6, 6.07) is 5.37. The minimum absolute atomic E-state index is 0.0483. The molecular weight excluding hydrogens is 205 g/mol. The van der Waals surface area contributed by atoms with Crippen LogP contribution in [0.2, 0.25) is 0 Å². The Hall–Kier alpha value is -0.930. The molecule has 0 aliphatic carbocycles. The van der Waals surface area contributed by atoms with Crippen LogP contribution in [-0.2, 0) is 0 Å². The second-order valence-corrected chi connectivity index (χ2v) is 4.18. The molecule has 0 radical (unpaired) electrons. The minimum atomic E-state index is -0.178. The molecule has 1 aromatic carbocycles. The SMILES string of the molecule is CCC(CO)NC(C)c1ccc(C)c(F)c1. The maximum atomic E-state index is 13.4. The lowest BCUT2D eigenvalue weighted by molar-refractivity contribution is 0.230. The van der Waals surface area contributed by atoms with Gasteiger partial charge in [-0.1, -0.05) is 19.1 Å². The Labute approximate surface area is 96.5 Å². The summed E-state index contributed by atoms with van der Waals surface area (Å²) in [6.45, 7) is 5.84. The molecule has 2 N–H and O–H groups in total. The van der Waals surface area contributed by atoms with Crippen LogP contribution >= 0.6 is 0 Å². The third-order valence-corrected chi connectivity index (χ3v) is 2.89. The van der Waals surface area contributed by atoms with Crippen molar-refractivity contribution >= 4 is 0 Å². The van der Waals surface area contributed by atoms with Crippen LogP contribution in [0.5, 0.6) is 0 Å². The lowest BCUT2D eigenvalue weighted by atomic mass is 10.0. The lowest BCUT2D eigenvalue weighted by Gasteiger charge is -2.21. The molecule has 0 saturated carbocycles. The highest BCUT2D eigenvalue weighted by molar-refractivity contribution is 5.25. The monoisotopic (exact) mass is 225 g/mol. The molecule has 0 aliphatic heterocycles. The average molecular weight is 225 g/mol. The third-order valence-electron chi connectivity index (χ3n) is 2.89. The van der Waals surface area contributed by atoms with E-state index in [1.54, 1.807) is 19.1 Å². The van der Waals surface area contributed by atoms with Crippen LogP contribution in [0, 0.1) is 12.7 Å². The number of halogens is 1. The Morgan fingerprint density at radius 3 is 2.62 bits per heavy atom. The normalized spacial score (nSPS) is 14.8. The molecule has 3 heteroatoms. The Morgan fingerprint density at radius 1 is 1.44 bits per heavy atom. The fourth-order valence-corrected chi connectivity index (χ4v) is 1.63. The molecule has 0 fully saturated rings. The standard InChI is InChI=1S/C13H20FNO/c1-4-12(8-16)15-10(3)11-6-5-9(2)13(14)7-11/h5-7,10,12,15-16H,4,8H2,1-3H3.